The third-order valence-electron chi connectivity index (χ3n) is 1.68. The number of aliphatic carboxylic acids is 1. The topological polar surface area (TPSA) is 83.6 Å². The van der Waals surface area contributed by atoms with Crippen LogP contribution in [0, 0.1) is 0 Å². The normalized spacial score (nSPS) is 15.0. The van der Waals surface area contributed by atoms with Crippen molar-refractivity contribution in [1.29, 1.82) is 0 Å². The van der Waals surface area contributed by atoms with Crippen molar-refractivity contribution in [2.45, 2.75) is 25.9 Å². The van der Waals surface area contributed by atoms with Gasteiger partial charge in [0.25, 0.3) is 0 Å². The molecule has 2 unspecified atom stereocenters. The van der Waals surface area contributed by atoms with Crippen LogP contribution >= 0.6 is 0 Å². The van der Waals surface area contributed by atoms with Crippen molar-refractivity contribution in [2.75, 3.05) is 7.05 Å². The van der Waals surface area contributed by atoms with Gasteiger partial charge in [-0.25, -0.2) is 4.79 Å². The van der Waals surface area contributed by atoms with Crippen LogP contribution < -0.4 is 5.73 Å². The minimum absolute atomic E-state index is 0.370. The van der Waals surface area contributed by atoms with Gasteiger partial charge in [0.05, 0.1) is 6.04 Å². The van der Waals surface area contributed by atoms with E-state index in [9.17, 15) is 9.59 Å². The van der Waals surface area contributed by atoms with Crippen molar-refractivity contribution in [3.8, 4) is 0 Å². The van der Waals surface area contributed by atoms with Crippen molar-refractivity contribution in [3.05, 3.63) is 0 Å². The quantitative estimate of drug-likeness (QED) is 0.590. The molecule has 12 heavy (non-hydrogen) atoms. The number of nitrogens with zero attached hydrogens (tertiary/aromatic N) is 1. The molecule has 0 aliphatic heterocycles. The maximum absolute atomic E-state index is 11.1. The summed E-state index contributed by atoms with van der Waals surface area (Å²) in [5.74, 6) is -1.41. The molecule has 0 radical (unpaired) electrons. The summed E-state index contributed by atoms with van der Waals surface area (Å²) in [5, 5.41) is 8.55. The molecular weight excluding hydrogens is 160 g/mol. The van der Waals surface area contributed by atoms with Crippen LogP contribution in [0.1, 0.15) is 13.8 Å². The molecule has 0 aromatic heterocycles. The molecule has 70 valence electrons. The molecule has 5 nitrogen and oxygen atoms in total. The molecular formula is C7H14N2O3. The summed E-state index contributed by atoms with van der Waals surface area (Å²) >= 11 is 0. The SMILES string of the molecule is CC(N)C(=O)N(C)C(C)C(=O)O. The highest BCUT2D eigenvalue weighted by molar-refractivity contribution is 5.86. The fraction of sp³-hybridized carbons (Fsp3) is 0.714. The average molecular weight is 174 g/mol. The smallest absolute Gasteiger partial charge is 0.326 e. The standard InChI is InChI=1S/C7H14N2O3/c1-4(8)6(10)9(3)5(2)7(11)12/h4-5H,8H2,1-3H3,(H,11,12). The highest BCUT2D eigenvalue weighted by atomic mass is 16.4. The Hall–Kier alpha value is -1.10. The fourth-order valence-corrected chi connectivity index (χ4v) is 0.678. The van der Waals surface area contributed by atoms with Crippen LogP contribution in [0.2, 0.25) is 0 Å². The van der Waals surface area contributed by atoms with Gasteiger partial charge in [0, 0.05) is 7.05 Å². The highest BCUT2D eigenvalue weighted by Crippen LogP contribution is 1.97. The Bertz CT molecular complexity index is 191. The second-order valence-corrected chi connectivity index (χ2v) is 2.75. The number of likely N-dealkylation sites (N-methyl/N-ethyl adjacent to an activating group) is 1. The van der Waals surface area contributed by atoms with Gasteiger partial charge in [-0.2, -0.15) is 0 Å². The first-order chi connectivity index (χ1) is 5.37. The molecule has 5 heteroatoms. The lowest BCUT2D eigenvalue weighted by atomic mass is 10.2. The molecule has 1 amide bonds. The predicted octanol–water partition coefficient (Wildman–Crippen LogP) is -0.735. The summed E-state index contributed by atoms with van der Waals surface area (Å²) in [6.07, 6.45) is 0. The van der Waals surface area contributed by atoms with Crippen LogP contribution in [0.15, 0.2) is 0 Å². The maximum atomic E-state index is 11.1. The number of nitrogens with two attached hydrogens (primary N) is 1. The van der Waals surface area contributed by atoms with E-state index in [2.05, 4.69) is 0 Å². The summed E-state index contributed by atoms with van der Waals surface area (Å²) in [6, 6.07) is -1.49. The Morgan fingerprint density at radius 3 is 2.08 bits per heavy atom. The molecule has 0 aromatic rings. The van der Waals surface area contributed by atoms with E-state index in [0.29, 0.717) is 0 Å². The molecule has 0 fully saturated rings. The van der Waals surface area contributed by atoms with Crippen molar-refractivity contribution in [3.63, 3.8) is 0 Å². The third kappa shape index (κ3) is 2.50. The molecule has 0 aliphatic carbocycles. The second kappa shape index (κ2) is 4.06. The van der Waals surface area contributed by atoms with E-state index in [1.807, 2.05) is 0 Å². The highest BCUT2D eigenvalue weighted by Gasteiger charge is 2.23. The van der Waals surface area contributed by atoms with E-state index in [4.69, 9.17) is 10.8 Å². The van der Waals surface area contributed by atoms with E-state index >= 15 is 0 Å². The van der Waals surface area contributed by atoms with E-state index in [0.717, 1.165) is 4.90 Å². The van der Waals surface area contributed by atoms with Crippen LogP contribution in [0.3, 0.4) is 0 Å². The molecule has 0 heterocycles. The lowest BCUT2D eigenvalue weighted by Gasteiger charge is -2.22. The van der Waals surface area contributed by atoms with Crippen LogP contribution in [-0.2, 0) is 9.59 Å². The van der Waals surface area contributed by atoms with Crippen LogP contribution in [0.25, 0.3) is 0 Å². The number of carbonyl (C=O) groups is 2. The van der Waals surface area contributed by atoms with Gasteiger partial charge in [-0.15, -0.1) is 0 Å². The molecule has 0 saturated carbocycles. The number of carboxylic acid groups (broad SMARTS) is 1. The molecule has 0 aliphatic rings. The first-order valence-electron chi connectivity index (χ1n) is 3.63. The summed E-state index contributed by atoms with van der Waals surface area (Å²) in [5.41, 5.74) is 5.29. The molecule has 2 atom stereocenters. The number of carbonyl (C=O) groups excluding carboxylic acids is 1. The summed E-state index contributed by atoms with van der Waals surface area (Å²) in [6.45, 7) is 2.95. The van der Waals surface area contributed by atoms with Crippen molar-refractivity contribution >= 4 is 11.9 Å². The van der Waals surface area contributed by atoms with E-state index < -0.39 is 18.1 Å². The van der Waals surface area contributed by atoms with Gasteiger partial charge < -0.3 is 15.7 Å². The van der Waals surface area contributed by atoms with Gasteiger partial charge in [0.2, 0.25) is 5.91 Å². The first kappa shape index (κ1) is 10.9. The van der Waals surface area contributed by atoms with Crippen LogP contribution in [-0.4, -0.2) is 41.0 Å². The molecule has 0 bridgehead atoms. The van der Waals surface area contributed by atoms with E-state index in [-0.39, 0.29) is 5.91 Å². The van der Waals surface area contributed by atoms with Gasteiger partial charge in [0.1, 0.15) is 6.04 Å². The van der Waals surface area contributed by atoms with Gasteiger partial charge in [0.15, 0.2) is 0 Å². The molecule has 0 rings (SSSR count). The summed E-state index contributed by atoms with van der Waals surface area (Å²) in [4.78, 5) is 22.7. The molecule has 0 aromatic carbocycles. The van der Waals surface area contributed by atoms with Crippen molar-refractivity contribution < 1.29 is 14.7 Å². The van der Waals surface area contributed by atoms with E-state index in [1.165, 1.54) is 20.9 Å². The monoisotopic (exact) mass is 174 g/mol. The minimum Gasteiger partial charge on any atom is -0.480 e. The zero-order valence-corrected chi connectivity index (χ0v) is 7.44. The fourth-order valence-electron chi connectivity index (χ4n) is 0.678. The maximum Gasteiger partial charge on any atom is 0.326 e. The van der Waals surface area contributed by atoms with Crippen molar-refractivity contribution in [1.82, 2.24) is 4.90 Å². The molecule has 3 N–H and O–H groups in total. The number of amides is 1. The Morgan fingerprint density at radius 1 is 1.42 bits per heavy atom. The Morgan fingerprint density at radius 2 is 1.83 bits per heavy atom. The predicted molar refractivity (Wildman–Crippen MR) is 43.5 cm³/mol. The second-order valence-electron chi connectivity index (χ2n) is 2.75. The van der Waals surface area contributed by atoms with Gasteiger partial charge in [-0.3, -0.25) is 4.79 Å². The van der Waals surface area contributed by atoms with E-state index in [1.54, 1.807) is 0 Å². The Labute approximate surface area is 71.1 Å². The lowest BCUT2D eigenvalue weighted by molar-refractivity contribution is -0.148. The van der Waals surface area contributed by atoms with Gasteiger partial charge in [-0.1, -0.05) is 0 Å². The molecule has 0 saturated heterocycles. The minimum atomic E-state index is -1.04. The number of rotatable bonds is 3. The lowest BCUT2D eigenvalue weighted by Crippen LogP contribution is -2.47. The number of hydrogen-bond donors (Lipinski definition) is 2. The Balaban J connectivity index is 4.29. The summed E-state index contributed by atoms with van der Waals surface area (Å²) in [7, 11) is 1.42. The van der Waals surface area contributed by atoms with Crippen LogP contribution in [0.4, 0.5) is 0 Å². The largest absolute Gasteiger partial charge is 0.480 e. The average Bonchev–Trinajstić information content (AvgIpc) is 2.00. The zero-order chi connectivity index (χ0) is 9.89. The van der Waals surface area contributed by atoms with Crippen LogP contribution in [0.5, 0.6) is 0 Å². The van der Waals surface area contributed by atoms with Gasteiger partial charge in [-0.05, 0) is 13.8 Å². The molecule has 0 spiro atoms. The third-order valence-corrected chi connectivity index (χ3v) is 1.68. The summed E-state index contributed by atoms with van der Waals surface area (Å²) < 4.78 is 0. The first-order valence-corrected chi connectivity index (χ1v) is 3.63. The zero-order valence-electron chi connectivity index (χ0n) is 7.44. The van der Waals surface area contributed by atoms with Crippen molar-refractivity contribution in [2.24, 2.45) is 5.73 Å². The Kier molecular flexibility index (Phi) is 3.69. The number of carboxylic acids is 1. The number of hydrogen-bond acceptors (Lipinski definition) is 3. The van der Waals surface area contributed by atoms with Gasteiger partial charge >= 0.3 is 5.97 Å².